The van der Waals surface area contributed by atoms with Crippen molar-refractivity contribution in [2.24, 2.45) is 0 Å². The molecule has 1 aromatic heterocycles. The van der Waals surface area contributed by atoms with Crippen LogP contribution in [0.25, 0.3) is 33.3 Å². The first-order valence-electron chi connectivity index (χ1n) is 22.7. The quantitative estimate of drug-likeness (QED) is 0.122. The summed E-state index contributed by atoms with van der Waals surface area (Å²) < 4.78 is 34.3. The summed E-state index contributed by atoms with van der Waals surface area (Å²) in [5.41, 5.74) is 11.8. The minimum atomic E-state index is -0.161. The van der Waals surface area contributed by atoms with Crippen LogP contribution in [0, 0.1) is 0 Å². The molecule has 0 aliphatic carbocycles. The number of nitrogens with zero attached hydrogens (tertiary/aromatic N) is 1. The van der Waals surface area contributed by atoms with Gasteiger partial charge in [-0.05, 0) is 79.0 Å². The highest BCUT2D eigenvalue weighted by atomic mass is 16.7. The Kier molecular flexibility index (Phi) is 17.8. The average molecular weight is 892 g/mol. The fourth-order valence-electron chi connectivity index (χ4n) is 7.52. The monoisotopic (exact) mass is 892 g/mol. The van der Waals surface area contributed by atoms with Crippen LogP contribution in [-0.2, 0) is 46.7 Å². The molecular formula is C58H85NO6. The van der Waals surface area contributed by atoms with Gasteiger partial charge in [-0.2, -0.15) is 0 Å². The molecule has 0 bridgehead atoms. The van der Waals surface area contributed by atoms with E-state index >= 15 is 0 Å². The Morgan fingerprint density at radius 3 is 1.28 bits per heavy atom. The van der Waals surface area contributed by atoms with Gasteiger partial charge in [-0.1, -0.05) is 181 Å². The fourth-order valence-corrected chi connectivity index (χ4v) is 7.52. The number of ether oxygens (including phenoxy) is 6. The number of methoxy groups -OCH3 is 3. The van der Waals surface area contributed by atoms with Gasteiger partial charge < -0.3 is 28.4 Å². The number of pyridine rings is 1. The molecule has 5 aromatic rings. The molecule has 0 saturated heterocycles. The van der Waals surface area contributed by atoms with Crippen molar-refractivity contribution < 1.29 is 28.4 Å². The van der Waals surface area contributed by atoms with Gasteiger partial charge in [0.25, 0.3) is 0 Å². The highest BCUT2D eigenvalue weighted by Gasteiger charge is 2.30. The van der Waals surface area contributed by atoms with Gasteiger partial charge in [0.2, 0.25) is 0 Å². The first-order chi connectivity index (χ1) is 29.4. The lowest BCUT2D eigenvalue weighted by atomic mass is 9.78. The summed E-state index contributed by atoms with van der Waals surface area (Å²) in [6.45, 7) is 40.7. The lowest BCUT2D eigenvalue weighted by Crippen LogP contribution is -2.19. The molecule has 5 rings (SSSR count). The van der Waals surface area contributed by atoms with Gasteiger partial charge in [0.05, 0.1) is 11.2 Å². The van der Waals surface area contributed by atoms with Gasteiger partial charge in [0, 0.05) is 54.5 Å². The standard InChI is InChI=1S/C41H55NO4.C16H26O2.CH4/c1-38(2,3)27-20-30(36(45-24-43-13)32(22-27)40(7,8)9)29-17-15-16-26-18-19-34(42-35(26)29)31-21-28(39(4,5)6)23-33(41(10,11)12)37(31)46-25-44-14;1-15(2,3)12-8-9-14(18-11-17-7)13(10-12)16(4,5)6;/h15-23H,24-25H2,1-14H3;8-10H,11H2,1-7H3;1H4. The third-order valence-electron chi connectivity index (χ3n) is 11.4. The summed E-state index contributed by atoms with van der Waals surface area (Å²) in [5, 5.41) is 1.06. The van der Waals surface area contributed by atoms with Gasteiger partial charge >= 0.3 is 0 Å². The number of hydrogen-bond donors (Lipinski definition) is 0. The minimum absolute atomic E-state index is 0. The maximum Gasteiger partial charge on any atom is 0.188 e. The maximum atomic E-state index is 6.42. The van der Waals surface area contributed by atoms with Crippen LogP contribution in [0.3, 0.4) is 0 Å². The smallest absolute Gasteiger partial charge is 0.188 e. The zero-order valence-electron chi connectivity index (χ0n) is 43.4. The molecular weight excluding hydrogens is 807 g/mol. The first kappa shape index (κ1) is 54.9. The largest absolute Gasteiger partial charge is 0.467 e. The number of rotatable bonds is 11. The number of benzene rings is 4. The van der Waals surface area contributed by atoms with Gasteiger partial charge in [-0.25, -0.2) is 4.98 Å². The van der Waals surface area contributed by atoms with E-state index in [0.717, 1.165) is 61.7 Å². The summed E-state index contributed by atoms with van der Waals surface area (Å²) in [6, 6.07) is 26.2. The van der Waals surface area contributed by atoms with Crippen LogP contribution in [0.2, 0.25) is 0 Å². The van der Waals surface area contributed by atoms with Crippen LogP contribution in [0.4, 0.5) is 0 Å². The van der Waals surface area contributed by atoms with Crippen LogP contribution in [0.15, 0.2) is 72.8 Å². The Morgan fingerprint density at radius 2 is 0.831 bits per heavy atom. The molecule has 0 aliphatic heterocycles. The summed E-state index contributed by atoms with van der Waals surface area (Å²) in [7, 11) is 4.95. The molecule has 1 heterocycles. The SMILES string of the molecule is C.COCOc1c(-c2ccc3cccc(-c4cc(C(C)(C)C)cc(C(C)(C)C)c4OCOC)c3n2)cc(C(C)(C)C)cc1C(C)(C)C.COCOc1ccc(C(C)(C)C)cc1C(C)(C)C. The van der Waals surface area contributed by atoms with Crippen LogP contribution in [-0.4, -0.2) is 46.7 Å². The summed E-state index contributed by atoms with van der Waals surface area (Å²) >= 11 is 0. The van der Waals surface area contributed by atoms with Crippen molar-refractivity contribution in [1.29, 1.82) is 0 Å². The van der Waals surface area contributed by atoms with E-state index in [-0.39, 0.29) is 60.3 Å². The second-order valence-electron chi connectivity index (χ2n) is 23.2. The van der Waals surface area contributed by atoms with Crippen molar-refractivity contribution in [1.82, 2.24) is 4.98 Å². The number of hydrogen-bond acceptors (Lipinski definition) is 7. The molecule has 7 heteroatoms. The maximum absolute atomic E-state index is 6.42. The number of aromatic nitrogens is 1. The Morgan fingerprint density at radius 1 is 0.400 bits per heavy atom. The average Bonchev–Trinajstić information content (AvgIpc) is 3.18. The predicted octanol–water partition coefficient (Wildman–Crippen LogP) is 15.6. The Labute approximate surface area is 395 Å². The van der Waals surface area contributed by atoms with Crippen molar-refractivity contribution in [3.05, 3.63) is 106 Å². The molecule has 358 valence electrons. The van der Waals surface area contributed by atoms with E-state index in [1.807, 2.05) is 0 Å². The van der Waals surface area contributed by atoms with Crippen LogP contribution in [0.1, 0.15) is 165 Å². The van der Waals surface area contributed by atoms with Crippen molar-refractivity contribution >= 4 is 10.9 Å². The Hall–Kier alpha value is -4.43. The highest BCUT2D eigenvalue weighted by Crippen LogP contribution is 2.47. The van der Waals surface area contributed by atoms with E-state index in [4.69, 9.17) is 33.4 Å². The predicted molar refractivity (Wildman–Crippen MR) is 275 cm³/mol. The Bertz CT molecular complexity index is 2350. The summed E-state index contributed by atoms with van der Waals surface area (Å²) in [6.07, 6.45) is 0. The topological polar surface area (TPSA) is 68.3 Å². The van der Waals surface area contributed by atoms with E-state index in [1.165, 1.54) is 22.3 Å². The third-order valence-corrected chi connectivity index (χ3v) is 11.4. The van der Waals surface area contributed by atoms with Crippen molar-refractivity contribution in [3.8, 4) is 39.6 Å². The molecule has 0 N–H and O–H groups in total. The number of fused-ring (bicyclic) bond motifs is 1. The van der Waals surface area contributed by atoms with Crippen molar-refractivity contribution in [2.45, 2.75) is 165 Å². The van der Waals surface area contributed by atoms with E-state index in [2.05, 4.69) is 197 Å². The van der Waals surface area contributed by atoms with Crippen LogP contribution < -0.4 is 14.2 Å². The van der Waals surface area contributed by atoms with E-state index in [0.29, 0.717) is 0 Å². The number of para-hydroxylation sites is 1. The fraction of sp³-hybridized carbons (Fsp3) is 0.534. The van der Waals surface area contributed by atoms with Crippen LogP contribution in [0.5, 0.6) is 17.2 Å². The van der Waals surface area contributed by atoms with Gasteiger partial charge in [0.1, 0.15) is 17.2 Å². The lowest BCUT2D eigenvalue weighted by Gasteiger charge is -2.30. The molecule has 0 fully saturated rings. The van der Waals surface area contributed by atoms with E-state index in [9.17, 15) is 0 Å². The molecule has 0 amide bonds. The summed E-state index contributed by atoms with van der Waals surface area (Å²) in [5.74, 6) is 2.55. The van der Waals surface area contributed by atoms with Crippen molar-refractivity contribution in [2.75, 3.05) is 41.7 Å². The lowest BCUT2D eigenvalue weighted by molar-refractivity contribution is 0.0497. The second-order valence-corrected chi connectivity index (χ2v) is 23.2. The van der Waals surface area contributed by atoms with Gasteiger partial charge in [-0.15, -0.1) is 0 Å². The second kappa shape index (κ2) is 21.0. The third kappa shape index (κ3) is 13.8. The minimum Gasteiger partial charge on any atom is -0.467 e. The molecule has 7 nitrogen and oxygen atoms in total. The molecule has 0 atom stereocenters. The Balaban J connectivity index is 0.000000496. The van der Waals surface area contributed by atoms with E-state index < -0.39 is 0 Å². The zero-order valence-corrected chi connectivity index (χ0v) is 43.4. The molecule has 65 heavy (non-hydrogen) atoms. The van der Waals surface area contributed by atoms with E-state index in [1.54, 1.807) is 21.3 Å². The summed E-state index contributed by atoms with van der Waals surface area (Å²) in [4.78, 5) is 5.43. The molecule has 0 saturated carbocycles. The first-order valence-corrected chi connectivity index (χ1v) is 22.7. The normalized spacial score (nSPS) is 12.6. The zero-order chi connectivity index (χ0) is 48.2. The highest BCUT2D eigenvalue weighted by molar-refractivity contribution is 5.97. The molecule has 0 radical (unpaired) electrons. The molecule has 0 aliphatic rings. The molecule has 0 unspecified atom stereocenters. The van der Waals surface area contributed by atoms with Gasteiger partial charge in [0.15, 0.2) is 20.4 Å². The van der Waals surface area contributed by atoms with Gasteiger partial charge in [-0.3, -0.25) is 0 Å². The van der Waals surface area contributed by atoms with Crippen molar-refractivity contribution in [3.63, 3.8) is 0 Å². The molecule has 0 spiro atoms. The van der Waals surface area contributed by atoms with Crippen LogP contribution >= 0.6 is 0 Å². The molecule has 4 aromatic carbocycles.